The summed E-state index contributed by atoms with van der Waals surface area (Å²) < 4.78 is 0. The van der Waals surface area contributed by atoms with Crippen molar-refractivity contribution in [1.82, 2.24) is 4.90 Å². The second-order valence-electron chi connectivity index (χ2n) is 4.30. The number of rotatable bonds is 3. The summed E-state index contributed by atoms with van der Waals surface area (Å²) in [6.07, 6.45) is 2.90. The fraction of sp³-hybridized carbons (Fsp3) is 0.400. The lowest BCUT2D eigenvalue weighted by atomic mass is 10.0. The Morgan fingerprint density at radius 3 is 2.72 bits per heavy atom. The van der Waals surface area contributed by atoms with Crippen LogP contribution in [0, 0.1) is 0 Å². The summed E-state index contributed by atoms with van der Waals surface area (Å²) in [5.41, 5.74) is 1.80. The van der Waals surface area contributed by atoms with Crippen LogP contribution in [-0.2, 0) is 0 Å². The molecule has 1 aliphatic rings. The van der Waals surface area contributed by atoms with Gasteiger partial charge in [0.2, 0.25) is 0 Å². The summed E-state index contributed by atoms with van der Waals surface area (Å²) >= 11 is 1.78. The molecule has 1 heterocycles. The molecule has 1 aromatic carbocycles. The number of carbonyl (C=O) groups excluding carboxylic acids is 1. The van der Waals surface area contributed by atoms with Crippen molar-refractivity contribution in [2.75, 3.05) is 18.8 Å². The molecule has 1 aliphatic heterocycles. The van der Waals surface area contributed by atoms with Crippen LogP contribution in [0.15, 0.2) is 40.9 Å². The first kappa shape index (κ1) is 13.2. The summed E-state index contributed by atoms with van der Waals surface area (Å²) in [7, 11) is 0. The molecule has 18 heavy (non-hydrogen) atoms. The highest BCUT2D eigenvalue weighted by Crippen LogP contribution is 2.31. The second kappa shape index (κ2) is 6.10. The second-order valence-corrected chi connectivity index (χ2v) is 5.44. The molecule has 0 unspecified atom stereocenters. The average molecular weight is 261 g/mol. The van der Waals surface area contributed by atoms with E-state index in [1.807, 2.05) is 30.5 Å². The molecule has 0 fully saturated rings. The number of fused-ring (bicyclic) bond motifs is 1. The van der Waals surface area contributed by atoms with Crippen molar-refractivity contribution < 1.29 is 4.79 Å². The molecule has 96 valence electrons. The quantitative estimate of drug-likeness (QED) is 0.776. The maximum atomic E-state index is 12.5. The minimum absolute atomic E-state index is 0.197. The minimum atomic E-state index is 0.197. The Labute approximate surface area is 113 Å². The van der Waals surface area contributed by atoms with E-state index in [9.17, 15) is 4.79 Å². The molecule has 0 saturated carbocycles. The summed E-state index contributed by atoms with van der Waals surface area (Å²) in [6.45, 7) is 6.12. The normalized spacial score (nSPS) is 17.4. The number of benzene rings is 1. The van der Waals surface area contributed by atoms with Crippen molar-refractivity contribution in [3.05, 3.63) is 41.6 Å². The number of hydrogen-bond donors (Lipinski definition) is 0. The maximum absolute atomic E-state index is 12.5. The fourth-order valence-corrected chi connectivity index (χ4v) is 3.12. The van der Waals surface area contributed by atoms with Crippen molar-refractivity contribution in [3.8, 4) is 0 Å². The van der Waals surface area contributed by atoms with Crippen LogP contribution in [0.5, 0.6) is 0 Å². The number of Topliss-reactive ketones (excluding diaryl/α,β-unsaturated/α-hetero) is 1. The third-order valence-electron chi connectivity index (χ3n) is 3.20. The zero-order chi connectivity index (χ0) is 13.0. The van der Waals surface area contributed by atoms with Crippen LogP contribution in [0.2, 0.25) is 0 Å². The van der Waals surface area contributed by atoms with E-state index in [2.05, 4.69) is 18.7 Å². The molecule has 2 nitrogen and oxygen atoms in total. The highest BCUT2D eigenvalue weighted by molar-refractivity contribution is 7.99. The molecule has 1 aromatic rings. The van der Waals surface area contributed by atoms with E-state index < -0.39 is 0 Å². The molecule has 0 saturated heterocycles. The van der Waals surface area contributed by atoms with Crippen molar-refractivity contribution in [2.24, 2.45) is 0 Å². The molecule has 0 spiro atoms. The van der Waals surface area contributed by atoms with Crippen LogP contribution in [0.25, 0.3) is 0 Å². The first-order valence-corrected chi connectivity index (χ1v) is 7.46. The molecule has 0 bridgehead atoms. The van der Waals surface area contributed by atoms with E-state index in [4.69, 9.17) is 0 Å². The largest absolute Gasteiger partial charge is 0.378 e. The Kier molecular flexibility index (Phi) is 4.48. The lowest BCUT2D eigenvalue weighted by molar-refractivity contribution is 0.102. The Morgan fingerprint density at radius 2 is 2.00 bits per heavy atom. The van der Waals surface area contributed by atoms with E-state index in [0.717, 1.165) is 41.3 Å². The Bertz CT molecular complexity index is 463. The number of carbonyl (C=O) groups is 1. The molecule has 0 aliphatic carbocycles. The van der Waals surface area contributed by atoms with Gasteiger partial charge in [0.15, 0.2) is 5.78 Å². The van der Waals surface area contributed by atoms with Crippen LogP contribution < -0.4 is 0 Å². The topological polar surface area (TPSA) is 20.3 Å². The molecule has 0 aromatic heterocycles. The zero-order valence-electron chi connectivity index (χ0n) is 11.0. The Balaban J connectivity index is 2.33. The van der Waals surface area contributed by atoms with E-state index in [1.54, 1.807) is 11.8 Å². The number of allylic oxidation sites excluding steroid dienone is 1. The highest BCUT2D eigenvalue weighted by atomic mass is 32.2. The van der Waals surface area contributed by atoms with Gasteiger partial charge in [0.1, 0.15) is 0 Å². The average Bonchev–Trinajstić information content (AvgIpc) is 2.56. The summed E-state index contributed by atoms with van der Waals surface area (Å²) in [5.74, 6) is 1.18. The number of thioether (sulfide) groups is 1. The van der Waals surface area contributed by atoms with Gasteiger partial charge in [0.25, 0.3) is 0 Å². The van der Waals surface area contributed by atoms with E-state index in [1.165, 1.54) is 0 Å². The van der Waals surface area contributed by atoms with Gasteiger partial charge in [-0.25, -0.2) is 0 Å². The molecule has 0 atom stereocenters. The fourth-order valence-electron chi connectivity index (χ4n) is 2.09. The van der Waals surface area contributed by atoms with E-state index >= 15 is 0 Å². The van der Waals surface area contributed by atoms with Crippen molar-refractivity contribution in [1.29, 1.82) is 0 Å². The van der Waals surface area contributed by atoms with Crippen LogP contribution in [0.1, 0.15) is 30.6 Å². The summed E-state index contributed by atoms with van der Waals surface area (Å²) in [4.78, 5) is 15.8. The van der Waals surface area contributed by atoms with Gasteiger partial charge in [-0.15, -0.1) is 11.8 Å². The summed E-state index contributed by atoms with van der Waals surface area (Å²) in [6, 6.07) is 7.92. The van der Waals surface area contributed by atoms with Gasteiger partial charge < -0.3 is 4.90 Å². The van der Waals surface area contributed by atoms with E-state index in [0.29, 0.717) is 0 Å². The first-order chi connectivity index (χ1) is 8.76. The predicted octanol–water partition coefficient (Wildman–Crippen LogP) is 3.59. The van der Waals surface area contributed by atoms with Gasteiger partial charge in [-0.1, -0.05) is 12.1 Å². The van der Waals surface area contributed by atoms with Crippen LogP contribution in [0.4, 0.5) is 0 Å². The SMILES string of the molecule is CCN(/C=C1\CCSc2ccccc2C1=O)CC. The van der Waals surface area contributed by atoms with Gasteiger partial charge in [-0.3, -0.25) is 4.79 Å². The molecule has 0 radical (unpaired) electrons. The standard InChI is InChI=1S/C15H19NOS/c1-3-16(4-2)11-12-9-10-18-14-8-6-5-7-13(14)15(12)17/h5-8,11H,3-4,9-10H2,1-2H3/b12-11+. The minimum Gasteiger partial charge on any atom is -0.378 e. The summed E-state index contributed by atoms with van der Waals surface area (Å²) in [5, 5.41) is 0. The molecule has 2 rings (SSSR count). The van der Waals surface area contributed by atoms with Gasteiger partial charge in [0, 0.05) is 41.1 Å². The maximum Gasteiger partial charge on any atom is 0.191 e. The van der Waals surface area contributed by atoms with E-state index in [-0.39, 0.29) is 5.78 Å². The van der Waals surface area contributed by atoms with Gasteiger partial charge in [-0.05, 0) is 32.4 Å². The molecule has 0 N–H and O–H groups in total. The monoisotopic (exact) mass is 261 g/mol. The van der Waals surface area contributed by atoms with Crippen molar-refractivity contribution in [3.63, 3.8) is 0 Å². The van der Waals surface area contributed by atoms with Gasteiger partial charge in [0.05, 0.1) is 0 Å². The number of ketones is 1. The third kappa shape index (κ3) is 2.78. The van der Waals surface area contributed by atoms with Crippen molar-refractivity contribution >= 4 is 17.5 Å². The van der Waals surface area contributed by atoms with Gasteiger partial charge >= 0.3 is 0 Å². The smallest absolute Gasteiger partial charge is 0.191 e. The molecule has 0 amide bonds. The van der Waals surface area contributed by atoms with Crippen LogP contribution in [0.3, 0.4) is 0 Å². The Morgan fingerprint density at radius 1 is 1.28 bits per heavy atom. The molecular weight excluding hydrogens is 242 g/mol. The number of hydrogen-bond acceptors (Lipinski definition) is 3. The van der Waals surface area contributed by atoms with Crippen LogP contribution in [-0.4, -0.2) is 29.5 Å². The van der Waals surface area contributed by atoms with Gasteiger partial charge in [-0.2, -0.15) is 0 Å². The highest BCUT2D eigenvalue weighted by Gasteiger charge is 2.20. The third-order valence-corrected chi connectivity index (χ3v) is 4.28. The molecular formula is C15H19NOS. The first-order valence-electron chi connectivity index (χ1n) is 6.47. The zero-order valence-corrected chi connectivity index (χ0v) is 11.8. The predicted molar refractivity (Wildman–Crippen MR) is 77.1 cm³/mol. The number of nitrogens with zero attached hydrogens (tertiary/aromatic N) is 1. The Hall–Kier alpha value is -1.22. The van der Waals surface area contributed by atoms with Crippen molar-refractivity contribution in [2.45, 2.75) is 25.2 Å². The lowest BCUT2D eigenvalue weighted by Crippen LogP contribution is -2.18. The lowest BCUT2D eigenvalue weighted by Gasteiger charge is -2.17. The molecule has 3 heteroatoms. The van der Waals surface area contributed by atoms with Crippen LogP contribution >= 0.6 is 11.8 Å².